The zero-order valence-corrected chi connectivity index (χ0v) is 14.3. The molecule has 4 nitrogen and oxygen atoms in total. The second kappa shape index (κ2) is 7.49. The topological polar surface area (TPSA) is 54.0 Å². The Hall–Kier alpha value is -3.35. The van der Waals surface area contributed by atoms with Gasteiger partial charge >= 0.3 is 6.18 Å². The van der Waals surface area contributed by atoms with Crippen LogP contribution in [0.2, 0.25) is 0 Å². The molecule has 138 valence electrons. The third-order valence-corrected chi connectivity index (χ3v) is 3.91. The second-order valence-electron chi connectivity index (χ2n) is 5.87. The summed E-state index contributed by atoms with van der Waals surface area (Å²) in [6.45, 7) is 1.92. The van der Waals surface area contributed by atoms with Crippen LogP contribution in [0.15, 0.2) is 66.9 Å². The molecule has 0 fully saturated rings. The van der Waals surface area contributed by atoms with E-state index in [1.54, 1.807) is 0 Å². The minimum Gasteiger partial charge on any atom is -0.340 e. The highest BCUT2D eigenvalue weighted by Gasteiger charge is 2.33. The summed E-state index contributed by atoms with van der Waals surface area (Å²) < 4.78 is 39.2. The van der Waals surface area contributed by atoms with Crippen LogP contribution in [0, 0.1) is 6.92 Å². The minimum atomic E-state index is -4.56. The van der Waals surface area contributed by atoms with E-state index in [2.05, 4.69) is 15.6 Å². The van der Waals surface area contributed by atoms with Gasteiger partial charge in [-0.3, -0.25) is 4.79 Å². The van der Waals surface area contributed by atoms with E-state index in [1.165, 1.54) is 36.5 Å². The van der Waals surface area contributed by atoms with Crippen molar-refractivity contribution >= 4 is 23.1 Å². The summed E-state index contributed by atoms with van der Waals surface area (Å²) >= 11 is 0. The third-order valence-electron chi connectivity index (χ3n) is 3.91. The molecule has 0 spiro atoms. The van der Waals surface area contributed by atoms with Crippen LogP contribution in [0.4, 0.5) is 30.4 Å². The quantitative estimate of drug-likeness (QED) is 0.645. The summed E-state index contributed by atoms with van der Waals surface area (Å²) in [7, 11) is 0. The molecule has 0 aliphatic heterocycles. The number of carbonyl (C=O) groups is 1. The monoisotopic (exact) mass is 371 g/mol. The van der Waals surface area contributed by atoms with Crippen molar-refractivity contribution < 1.29 is 18.0 Å². The first-order valence-corrected chi connectivity index (χ1v) is 8.11. The smallest absolute Gasteiger partial charge is 0.340 e. The van der Waals surface area contributed by atoms with E-state index >= 15 is 0 Å². The van der Waals surface area contributed by atoms with E-state index in [0.717, 1.165) is 17.3 Å². The third kappa shape index (κ3) is 4.44. The number of anilines is 3. The number of nitrogens with one attached hydrogen (secondary N) is 2. The van der Waals surface area contributed by atoms with Crippen molar-refractivity contribution in [3.05, 3.63) is 83.6 Å². The summed E-state index contributed by atoms with van der Waals surface area (Å²) in [5.41, 5.74) is 0.821. The highest BCUT2D eigenvalue weighted by molar-refractivity contribution is 6.05. The number of aromatic nitrogens is 1. The maximum absolute atomic E-state index is 13.1. The van der Waals surface area contributed by atoms with Gasteiger partial charge in [-0.2, -0.15) is 13.2 Å². The molecule has 0 bridgehead atoms. The van der Waals surface area contributed by atoms with E-state index in [4.69, 9.17) is 0 Å². The number of hydrogen-bond acceptors (Lipinski definition) is 3. The van der Waals surface area contributed by atoms with Gasteiger partial charge in [0, 0.05) is 17.4 Å². The van der Waals surface area contributed by atoms with Crippen molar-refractivity contribution in [1.29, 1.82) is 0 Å². The Bertz CT molecular complexity index is 970. The fourth-order valence-corrected chi connectivity index (χ4v) is 2.53. The average Bonchev–Trinajstić information content (AvgIpc) is 2.63. The van der Waals surface area contributed by atoms with Gasteiger partial charge in [-0.15, -0.1) is 0 Å². The lowest BCUT2D eigenvalue weighted by Gasteiger charge is -2.14. The van der Waals surface area contributed by atoms with Gasteiger partial charge in [0.2, 0.25) is 0 Å². The zero-order chi connectivity index (χ0) is 19.4. The molecule has 2 N–H and O–H groups in total. The molecule has 2 aromatic carbocycles. The zero-order valence-electron chi connectivity index (χ0n) is 14.3. The van der Waals surface area contributed by atoms with Crippen LogP contribution >= 0.6 is 0 Å². The Morgan fingerprint density at radius 3 is 2.33 bits per heavy atom. The lowest BCUT2D eigenvalue weighted by molar-refractivity contribution is -0.136. The SMILES string of the molecule is Cc1ccccc1Nc1cc(C(=O)Nc2ccccc2C(F)(F)F)ccn1. The van der Waals surface area contributed by atoms with Gasteiger partial charge in [-0.25, -0.2) is 4.98 Å². The largest absolute Gasteiger partial charge is 0.418 e. The van der Waals surface area contributed by atoms with Crippen molar-refractivity contribution in [2.24, 2.45) is 0 Å². The Labute approximate surface area is 154 Å². The molecule has 3 aromatic rings. The molecule has 0 atom stereocenters. The molecule has 0 saturated heterocycles. The first kappa shape index (κ1) is 18.4. The van der Waals surface area contributed by atoms with Crippen LogP contribution in [-0.2, 0) is 6.18 Å². The molecular formula is C20H16F3N3O. The van der Waals surface area contributed by atoms with E-state index in [0.29, 0.717) is 5.82 Å². The number of nitrogens with zero attached hydrogens (tertiary/aromatic N) is 1. The molecule has 27 heavy (non-hydrogen) atoms. The molecule has 0 aliphatic rings. The number of pyridine rings is 1. The van der Waals surface area contributed by atoms with Crippen LogP contribution in [0.1, 0.15) is 21.5 Å². The summed E-state index contributed by atoms with van der Waals surface area (Å²) in [4.78, 5) is 16.6. The highest BCUT2D eigenvalue weighted by Crippen LogP contribution is 2.34. The number of carbonyl (C=O) groups excluding carboxylic acids is 1. The second-order valence-corrected chi connectivity index (χ2v) is 5.87. The summed E-state index contributed by atoms with van der Waals surface area (Å²) in [5, 5.41) is 5.42. The molecule has 0 unspecified atom stereocenters. The number of amides is 1. The number of alkyl halides is 3. The molecule has 0 aliphatic carbocycles. The van der Waals surface area contributed by atoms with Crippen molar-refractivity contribution in [3.8, 4) is 0 Å². The molecule has 1 heterocycles. The van der Waals surface area contributed by atoms with Crippen LogP contribution in [0.5, 0.6) is 0 Å². The Morgan fingerprint density at radius 1 is 0.963 bits per heavy atom. The lowest BCUT2D eigenvalue weighted by Crippen LogP contribution is -2.16. The summed E-state index contributed by atoms with van der Waals surface area (Å²) in [6.07, 6.45) is -3.13. The van der Waals surface area contributed by atoms with E-state index in [1.807, 2.05) is 31.2 Å². The predicted octanol–water partition coefficient (Wildman–Crippen LogP) is 5.40. The molecule has 3 rings (SSSR count). The number of rotatable bonds is 4. The van der Waals surface area contributed by atoms with E-state index < -0.39 is 17.6 Å². The van der Waals surface area contributed by atoms with Gasteiger partial charge < -0.3 is 10.6 Å². The molecule has 0 saturated carbocycles. The Morgan fingerprint density at radius 2 is 1.63 bits per heavy atom. The van der Waals surface area contributed by atoms with Crippen LogP contribution in [0.3, 0.4) is 0 Å². The number of para-hydroxylation sites is 2. The first-order valence-electron chi connectivity index (χ1n) is 8.11. The van der Waals surface area contributed by atoms with Crippen LogP contribution < -0.4 is 10.6 Å². The number of hydrogen-bond donors (Lipinski definition) is 2. The van der Waals surface area contributed by atoms with Crippen molar-refractivity contribution in [3.63, 3.8) is 0 Å². The van der Waals surface area contributed by atoms with Gasteiger partial charge in [0.15, 0.2) is 0 Å². The van der Waals surface area contributed by atoms with Crippen molar-refractivity contribution in [1.82, 2.24) is 4.98 Å². The molecule has 1 amide bonds. The van der Waals surface area contributed by atoms with Crippen molar-refractivity contribution in [2.75, 3.05) is 10.6 Å². The van der Waals surface area contributed by atoms with Gasteiger partial charge in [0.1, 0.15) is 5.82 Å². The predicted molar refractivity (Wildman–Crippen MR) is 98.1 cm³/mol. The van der Waals surface area contributed by atoms with Gasteiger partial charge in [0.05, 0.1) is 11.3 Å². The molecule has 0 radical (unpaired) electrons. The first-order chi connectivity index (χ1) is 12.8. The van der Waals surface area contributed by atoms with E-state index in [-0.39, 0.29) is 11.3 Å². The number of halogens is 3. The maximum atomic E-state index is 13.1. The minimum absolute atomic E-state index is 0.193. The maximum Gasteiger partial charge on any atom is 0.418 e. The summed E-state index contributed by atoms with van der Waals surface area (Å²) in [6, 6.07) is 15.3. The lowest BCUT2D eigenvalue weighted by atomic mass is 10.1. The number of aryl methyl sites for hydroxylation is 1. The highest BCUT2D eigenvalue weighted by atomic mass is 19.4. The van der Waals surface area contributed by atoms with Gasteiger partial charge in [0.25, 0.3) is 5.91 Å². The fourth-order valence-electron chi connectivity index (χ4n) is 2.53. The van der Waals surface area contributed by atoms with E-state index in [9.17, 15) is 18.0 Å². The number of benzene rings is 2. The van der Waals surface area contributed by atoms with Gasteiger partial charge in [-0.05, 0) is 42.8 Å². The van der Waals surface area contributed by atoms with Crippen LogP contribution in [0.25, 0.3) is 0 Å². The van der Waals surface area contributed by atoms with Crippen molar-refractivity contribution in [2.45, 2.75) is 13.1 Å². The normalized spacial score (nSPS) is 11.1. The molecular weight excluding hydrogens is 355 g/mol. The molecule has 7 heteroatoms. The van der Waals surface area contributed by atoms with Crippen LogP contribution in [-0.4, -0.2) is 10.9 Å². The van der Waals surface area contributed by atoms with Gasteiger partial charge in [-0.1, -0.05) is 30.3 Å². The summed E-state index contributed by atoms with van der Waals surface area (Å²) in [5.74, 6) is -0.233. The molecule has 1 aromatic heterocycles. The Balaban J connectivity index is 1.82. The fraction of sp³-hybridized carbons (Fsp3) is 0.100. The average molecular weight is 371 g/mol. The standard InChI is InChI=1S/C20H16F3N3O/c1-13-6-2-4-8-16(13)25-18-12-14(10-11-24-18)19(27)26-17-9-5-3-7-15(17)20(21,22)23/h2-12H,1H3,(H,24,25)(H,26,27). The Kier molecular flexibility index (Phi) is 5.12.